The highest BCUT2D eigenvalue weighted by atomic mass is 19.1. The Kier molecular flexibility index (Phi) is 4.55. The number of benzene rings is 1. The van der Waals surface area contributed by atoms with E-state index in [0.29, 0.717) is 38.1 Å². The summed E-state index contributed by atoms with van der Waals surface area (Å²) >= 11 is 0. The number of anilines is 1. The molecule has 2 aromatic rings. The number of piperazine rings is 1. The third kappa shape index (κ3) is 3.54. The molecule has 130 valence electrons. The fourth-order valence-corrected chi connectivity index (χ4v) is 2.65. The lowest BCUT2D eigenvalue weighted by molar-refractivity contribution is -0.385. The number of aromatic nitrogens is 1. The lowest BCUT2D eigenvalue weighted by atomic mass is 10.1. The van der Waals surface area contributed by atoms with Crippen molar-refractivity contribution in [2.45, 2.75) is 0 Å². The first-order valence-corrected chi connectivity index (χ1v) is 7.55. The molecular formula is C16H14F2N4O3. The van der Waals surface area contributed by atoms with E-state index in [9.17, 15) is 23.7 Å². The summed E-state index contributed by atoms with van der Waals surface area (Å²) in [6, 6.07) is 5.79. The molecule has 1 saturated heterocycles. The van der Waals surface area contributed by atoms with Gasteiger partial charge in [-0.1, -0.05) is 0 Å². The lowest BCUT2D eigenvalue weighted by Gasteiger charge is -2.35. The van der Waals surface area contributed by atoms with Crippen LogP contribution in [0.2, 0.25) is 0 Å². The van der Waals surface area contributed by atoms with Gasteiger partial charge in [0.2, 0.25) is 0 Å². The second kappa shape index (κ2) is 6.80. The molecule has 25 heavy (non-hydrogen) atoms. The van der Waals surface area contributed by atoms with Crippen LogP contribution in [-0.2, 0) is 0 Å². The molecule has 0 saturated carbocycles. The van der Waals surface area contributed by atoms with Crippen LogP contribution >= 0.6 is 0 Å². The zero-order valence-corrected chi connectivity index (χ0v) is 13.1. The fourth-order valence-electron chi connectivity index (χ4n) is 2.65. The van der Waals surface area contributed by atoms with Gasteiger partial charge in [-0.25, -0.2) is 13.8 Å². The number of hydrogen-bond donors (Lipinski definition) is 0. The van der Waals surface area contributed by atoms with Crippen LogP contribution in [0.4, 0.5) is 20.3 Å². The van der Waals surface area contributed by atoms with E-state index in [1.54, 1.807) is 6.07 Å². The van der Waals surface area contributed by atoms with Crippen molar-refractivity contribution in [3.8, 4) is 0 Å². The van der Waals surface area contributed by atoms with Crippen molar-refractivity contribution in [1.29, 1.82) is 0 Å². The molecule has 0 unspecified atom stereocenters. The van der Waals surface area contributed by atoms with Gasteiger partial charge in [0.05, 0.1) is 10.5 Å². The Morgan fingerprint density at radius 2 is 1.84 bits per heavy atom. The van der Waals surface area contributed by atoms with Crippen LogP contribution in [-0.4, -0.2) is 46.9 Å². The van der Waals surface area contributed by atoms with Crippen molar-refractivity contribution in [2.24, 2.45) is 0 Å². The van der Waals surface area contributed by atoms with Gasteiger partial charge in [-0.2, -0.15) is 0 Å². The Balaban J connectivity index is 1.65. The summed E-state index contributed by atoms with van der Waals surface area (Å²) in [4.78, 5) is 29.9. The highest BCUT2D eigenvalue weighted by Gasteiger charge is 2.25. The summed E-state index contributed by atoms with van der Waals surface area (Å²) in [5.74, 6) is -1.54. The third-order valence-electron chi connectivity index (χ3n) is 4.00. The summed E-state index contributed by atoms with van der Waals surface area (Å²) in [5.41, 5.74) is -0.257. The molecular weight excluding hydrogens is 334 g/mol. The van der Waals surface area contributed by atoms with Crippen molar-refractivity contribution >= 4 is 17.4 Å². The van der Waals surface area contributed by atoms with E-state index < -0.39 is 22.5 Å². The van der Waals surface area contributed by atoms with Crippen molar-refractivity contribution in [2.75, 3.05) is 31.1 Å². The van der Waals surface area contributed by atoms with Gasteiger partial charge in [0, 0.05) is 38.3 Å². The number of halogens is 2. The monoisotopic (exact) mass is 348 g/mol. The Hall–Kier alpha value is -3.10. The van der Waals surface area contributed by atoms with Gasteiger partial charge in [0.15, 0.2) is 0 Å². The normalized spacial score (nSPS) is 14.5. The number of nitrogens with zero attached hydrogens (tertiary/aromatic N) is 4. The largest absolute Gasteiger partial charge is 0.353 e. The first-order chi connectivity index (χ1) is 12.0. The molecule has 1 aliphatic heterocycles. The molecule has 0 radical (unpaired) electrons. The molecule has 1 aromatic carbocycles. The maximum Gasteiger partial charge on any atom is 0.287 e. The second-order valence-electron chi connectivity index (χ2n) is 5.54. The lowest BCUT2D eigenvalue weighted by Crippen LogP contribution is -2.49. The highest BCUT2D eigenvalue weighted by Crippen LogP contribution is 2.19. The van der Waals surface area contributed by atoms with Gasteiger partial charge >= 0.3 is 0 Å². The average molecular weight is 348 g/mol. The van der Waals surface area contributed by atoms with E-state index >= 15 is 0 Å². The highest BCUT2D eigenvalue weighted by molar-refractivity contribution is 5.94. The summed E-state index contributed by atoms with van der Waals surface area (Å²) < 4.78 is 26.7. The molecule has 9 heteroatoms. The van der Waals surface area contributed by atoms with Crippen molar-refractivity contribution in [1.82, 2.24) is 9.88 Å². The number of hydrogen-bond acceptors (Lipinski definition) is 5. The van der Waals surface area contributed by atoms with Crippen molar-refractivity contribution < 1.29 is 18.5 Å². The molecule has 1 aromatic heterocycles. The molecule has 3 rings (SSSR count). The van der Waals surface area contributed by atoms with Crippen LogP contribution in [0.5, 0.6) is 0 Å². The Bertz CT molecular complexity index is 806. The molecule has 0 spiro atoms. The average Bonchev–Trinajstić information content (AvgIpc) is 2.61. The molecule has 1 fully saturated rings. The van der Waals surface area contributed by atoms with Gasteiger partial charge in [-0.15, -0.1) is 0 Å². The Morgan fingerprint density at radius 1 is 1.12 bits per heavy atom. The summed E-state index contributed by atoms with van der Waals surface area (Å²) in [7, 11) is 0. The van der Waals surface area contributed by atoms with Crippen LogP contribution < -0.4 is 4.90 Å². The van der Waals surface area contributed by atoms with E-state index in [-0.39, 0.29) is 11.3 Å². The smallest absolute Gasteiger partial charge is 0.287 e. The zero-order chi connectivity index (χ0) is 18.0. The Labute approximate surface area is 141 Å². The summed E-state index contributed by atoms with van der Waals surface area (Å²) in [5, 5.41) is 10.6. The fraction of sp³-hybridized carbons (Fsp3) is 0.250. The first-order valence-electron chi connectivity index (χ1n) is 7.55. The predicted molar refractivity (Wildman–Crippen MR) is 85.4 cm³/mol. The topological polar surface area (TPSA) is 79.6 Å². The minimum atomic E-state index is -0.885. The second-order valence-corrected chi connectivity index (χ2v) is 5.54. The van der Waals surface area contributed by atoms with Crippen LogP contribution in [0.3, 0.4) is 0 Å². The summed E-state index contributed by atoms with van der Waals surface area (Å²) in [6.07, 6.45) is 1.18. The molecule has 2 heterocycles. The van der Waals surface area contributed by atoms with E-state index in [1.165, 1.54) is 17.2 Å². The molecule has 0 N–H and O–H groups in total. The number of amides is 1. The van der Waals surface area contributed by atoms with E-state index in [0.717, 1.165) is 12.1 Å². The van der Waals surface area contributed by atoms with Crippen LogP contribution in [0.25, 0.3) is 0 Å². The van der Waals surface area contributed by atoms with Gasteiger partial charge < -0.3 is 9.80 Å². The molecule has 0 aliphatic carbocycles. The number of nitro groups is 1. The quantitative estimate of drug-likeness (QED) is 0.628. The Morgan fingerprint density at radius 3 is 2.40 bits per heavy atom. The van der Waals surface area contributed by atoms with Crippen LogP contribution in [0.15, 0.2) is 36.5 Å². The minimum absolute atomic E-state index is 0.0932. The first kappa shape index (κ1) is 16.7. The van der Waals surface area contributed by atoms with Gasteiger partial charge in [0.1, 0.15) is 23.6 Å². The SMILES string of the molecule is O=C(c1ccc(F)cc1F)N1CCN(c2ccc([N+](=O)[O-])cn2)CC1. The predicted octanol–water partition coefficient (Wildman–Crippen LogP) is 2.23. The standard InChI is InChI=1S/C16H14F2N4O3/c17-11-1-3-13(14(18)9-11)16(23)21-7-5-20(6-8-21)15-4-2-12(10-19-15)22(24)25/h1-4,9-10H,5-8H2. The molecule has 1 amide bonds. The number of carbonyl (C=O) groups excluding carboxylic acids is 1. The number of carbonyl (C=O) groups is 1. The number of rotatable bonds is 3. The van der Waals surface area contributed by atoms with Crippen molar-refractivity contribution in [3.63, 3.8) is 0 Å². The third-order valence-corrected chi connectivity index (χ3v) is 4.00. The van der Waals surface area contributed by atoms with Crippen molar-refractivity contribution in [3.05, 3.63) is 63.8 Å². The molecule has 1 aliphatic rings. The maximum absolute atomic E-state index is 13.7. The molecule has 0 bridgehead atoms. The van der Waals surface area contributed by atoms with Crippen LogP contribution in [0, 0.1) is 21.7 Å². The van der Waals surface area contributed by atoms with Gasteiger partial charge in [-0.05, 0) is 18.2 Å². The molecule has 0 atom stereocenters. The van der Waals surface area contributed by atoms with Gasteiger partial charge in [0.25, 0.3) is 11.6 Å². The zero-order valence-electron chi connectivity index (χ0n) is 13.1. The van der Waals surface area contributed by atoms with E-state index in [4.69, 9.17) is 0 Å². The number of pyridine rings is 1. The van der Waals surface area contributed by atoms with E-state index in [1.807, 2.05) is 4.90 Å². The summed E-state index contributed by atoms with van der Waals surface area (Å²) in [6.45, 7) is 1.60. The van der Waals surface area contributed by atoms with Gasteiger partial charge in [-0.3, -0.25) is 14.9 Å². The molecule has 7 nitrogen and oxygen atoms in total. The van der Waals surface area contributed by atoms with E-state index in [2.05, 4.69) is 4.98 Å². The maximum atomic E-state index is 13.7. The van der Waals surface area contributed by atoms with Crippen LogP contribution in [0.1, 0.15) is 10.4 Å². The minimum Gasteiger partial charge on any atom is -0.353 e.